The summed E-state index contributed by atoms with van der Waals surface area (Å²) in [6.07, 6.45) is 2.15. The minimum Gasteiger partial charge on any atom is -0.316 e. The summed E-state index contributed by atoms with van der Waals surface area (Å²) in [7, 11) is 0. The van der Waals surface area contributed by atoms with Crippen molar-refractivity contribution in [3.63, 3.8) is 0 Å². The molecule has 4 nitrogen and oxygen atoms in total. The van der Waals surface area contributed by atoms with Crippen molar-refractivity contribution in [2.24, 2.45) is 0 Å². The summed E-state index contributed by atoms with van der Waals surface area (Å²) in [6.45, 7) is 0. The van der Waals surface area contributed by atoms with Gasteiger partial charge >= 0.3 is 0 Å². The lowest BCUT2D eigenvalue weighted by atomic mass is 9.94. The van der Waals surface area contributed by atoms with Gasteiger partial charge in [0.1, 0.15) is 0 Å². The van der Waals surface area contributed by atoms with Gasteiger partial charge in [-0.25, -0.2) is 9.97 Å². The molecule has 0 radical (unpaired) electrons. The topological polar surface area (TPSA) is 35.6 Å². The lowest BCUT2D eigenvalue weighted by molar-refractivity contribution is 1.01. The van der Waals surface area contributed by atoms with Crippen LogP contribution in [0.4, 0.5) is 0 Å². The zero-order valence-corrected chi connectivity index (χ0v) is 27.1. The zero-order valence-electron chi connectivity index (χ0n) is 27.1. The van der Waals surface area contributed by atoms with Crippen LogP contribution < -0.4 is 0 Å². The highest BCUT2D eigenvalue weighted by atomic mass is 15.2. The predicted molar refractivity (Wildman–Crippen MR) is 207 cm³/mol. The number of fused-ring (bicyclic) bond motifs is 5. The average Bonchev–Trinajstić information content (AvgIpc) is 3.76. The molecule has 4 heteroatoms. The molecule has 0 atom stereocenters. The molecule has 0 unspecified atom stereocenters. The van der Waals surface area contributed by atoms with Crippen LogP contribution in [0.15, 0.2) is 182 Å². The van der Waals surface area contributed by atoms with E-state index in [-0.39, 0.29) is 0 Å². The molecule has 0 aliphatic carbocycles. The van der Waals surface area contributed by atoms with Crippen molar-refractivity contribution >= 4 is 43.6 Å². The van der Waals surface area contributed by atoms with E-state index in [2.05, 4.69) is 191 Å². The number of para-hydroxylation sites is 3. The van der Waals surface area contributed by atoms with Gasteiger partial charge < -0.3 is 4.57 Å². The zero-order chi connectivity index (χ0) is 33.0. The quantitative estimate of drug-likeness (QED) is 0.188. The minimum absolute atomic E-state index is 0.647. The molecular weight excluding hydrogens is 609 g/mol. The van der Waals surface area contributed by atoms with Gasteiger partial charge in [0, 0.05) is 39.0 Å². The molecular formula is C46H30N4. The lowest BCUT2D eigenvalue weighted by Crippen LogP contribution is -2.04. The van der Waals surface area contributed by atoms with Crippen LogP contribution in [0, 0.1) is 0 Å². The second-order valence-corrected chi connectivity index (χ2v) is 12.7. The van der Waals surface area contributed by atoms with Gasteiger partial charge in [-0.3, -0.25) is 4.57 Å². The molecule has 234 valence electrons. The van der Waals surface area contributed by atoms with E-state index in [4.69, 9.17) is 9.97 Å². The van der Waals surface area contributed by atoms with Gasteiger partial charge in [0.15, 0.2) is 0 Å². The standard InChI is InChI=1S/C46H30N4/c1-4-14-31(15-5-1)34-26-35(32-16-6-2-7-17-32)28-36(27-34)45-39-21-10-12-22-41(39)47-46(48-45)50-42-23-13-11-20-38(42)40-29-33-24-25-49(43(33)30-44(40)50)37-18-8-3-9-19-37/h1-30H. The van der Waals surface area contributed by atoms with Crippen molar-refractivity contribution in [3.8, 4) is 45.1 Å². The first kappa shape index (κ1) is 28.3. The van der Waals surface area contributed by atoms with Crippen LogP contribution in [0.2, 0.25) is 0 Å². The van der Waals surface area contributed by atoms with E-state index in [1.54, 1.807) is 0 Å². The van der Waals surface area contributed by atoms with E-state index in [0.29, 0.717) is 5.95 Å². The van der Waals surface area contributed by atoms with Crippen molar-refractivity contribution in [2.45, 2.75) is 0 Å². The summed E-state index contributed by atoms with van der Waals surface area (Å²) < 4.78 is 4.49. The Labute approximate surface area is 289 Å². The Morgan fingerprint density at radius 2 is 0.980 bits per heavy atom. The van der Waals surface area contributed by atoms with E-state index in [0.717, 1.165) is 66.7 Å². The van der Waals surface area contributed by atoms with Gasteiger partial charge in [-0.1, -0.05) is 115 Å². The fraction of sp³-hybridized carbons (Fsp3) is 0. The van der Waals surface area contributed by atoms with Crippen LogP contribution in [0.3, 0.4) is 0 Å². The van der Waals surface area contributed by atoms with Crippen LogP contribution in [0.5, 0.6) is 0 Å². The fourth-order valence-corrected chi connectivity index (χ4v) is 7.37. The summed E-state index contributed by atoms with van der Waals surface area (Å²) in [4.78, 5) is 10.7. The van der Waals surface area contributed by atoms with Crippen LogP contribution >= 0.6 is 0 Å². The molecule has 0 spiro atoms. The van der Waals surface area contributed by atoms with Gasteiger partial charge in [0.25, 0.3) is 0 Å². The third-order valence-corrected chi connectivity index (χ3v) is 9.73. The number of rotatable bonds is 5. The highest BCUT2D eigenvalue weighted by Gasteiger charge is 2.19. The Bertz CT molecular complexity index is 2790. The van der Waals surface area contributed by atoms with Crippen molar-refractivity contribution in [2.75, 3.05) is 0 Å². The molecule has 0 fully saturated rings. The van der Waals surface area contributed by atoms with Gasteiger partial charge in [0.2, 0.25) is 5.95 Å². The van der Waals surface area contributed by atoms with Gasteiger partial charge in [-0.2, -0.15) is 0 Å². The number of hydrogen-bond acceptors (Lipinski definition) is 2. The molecule has 0 saturated heterocycles. The molecule has 0 amide bonds. The molecule has 0 aliphatic heterocycles. The largest absolute Gasteiger partial charge is 0.316 e. The summed E-state index contributed by atoms with van der Waals surface area (Å²) >= 11 is 0. The highest BCUT2D eigenvalue weighted by molar-refractivity contribution is 6.13. The summed E-state index contributed by atoms with van der Waals surface area (Å²) in [5.41, 5.74) is 11.9. The third kappa shape index (κ3) is 4.61. The fourth-order valence-electron chi connectivity index (χ4n) is 7.37. The molecule has 0 bridgehead atoms. The first-order valence-corrected chi connectivity index (χ1v) is 16.9. The van der Waals surface area contributed by atoms with Crippen LogP contribution in [0.1, 0.15) is 0 Å². The smallest absolute Gasteiger partial charge is 0.235 e. The Kier molecular flexibility index (Phi) is 6.46. The van der Waals surface area contributed by atoms with Gasteiger partial charge in [-0.15, -0.1) is 0 Å². The maximum atomic E-state index is 5.48. The molecule has 0 N–H and O–H groups in total. The van der Waals surface area contributed by atoms with Crippen LogP contribution in [-0.4, -0.2) is 19.1 Å². The number of benzene rings is 7. The summed E-state index contributed by atoms with van der Waals surface area (Å²) in [5, 5.41) is 4.55. The number of nitrogens with zero attached hydrogens (tertiary/aromatic N) is 4. The molecule has 50 heavy (non-hydrogen) atoms. The van der Waals surface area contributed by atoms with Crippen molar-refractivity contribution in [1.82, 2.24) is 19.1 Å². The summed E-state index contributed by atoms with van der Waals surface area (Å²) in [6, 6.07) is 62.2. The maximum Gasteiger partial charge on any atom is 0.235 e. The van der Waals surface area contributed by atoms with E-state index >= 15 is 0 Å². The van der Waals surface area contributed by atoms with Crippen LogP contribution in [0.25, 0.3) is 88.8 Å². The van der Waals surface area contributed by atoms with Gasteiger partial charge in [0.05, 0.1) is 27.8 Å². The molecule has 3 heterocycles. The second-order valence-electron chi connectivity index (χ2n) is 12.7. The molecule has 10 rings (SSSR count). The van der Waals surface area contributed by atoms with Crippen molar-refractivity contribution in [3.05, 3.63) is 182 Å². The minimum atomic E-state index is 0.647. The average molecular weight is 639 g/mol. The Hall–Kier alpha value is -6.78. The monoisotopic (exact) mass is 638 g/mol. The lowest BCUT2D eigenvalue weighted by Gasteiger charge is -2.14. The molecule has 0 aliphatic rings. The molecule has 3 aromatic heterocycles. The van der Waals surface area contributed by atoms with E-state index in [9.17, 15) is 0 Å². The molecule has 0 saturated carbocycles. The predicted octanol–water partition coefficient (Wildman–Crippen LogP) is 11.7. The first-order chi connectivity index (χ1) is 24.8. The first-order valence-electron chi connectivity index (χ1n) is 16.9. The van der Waals surface area contributed by atoms with Crippen molar-refractivity contribution < 1.29 is 0 Å². The molecule has 7 aromatic carbocycles. The Morgan fingerprint density at radius 1 is 0.380 bits per heavy atom. The maximum absolute atomic E-state index is 5.48. The second kappa shape index (κ2) is 11.4. The van der Waals surface area contributed by atoms with E-state index in [1.165, 1.54) is 16.2 Å². The third-order valence-electron chi connectivity index (χ3n) is 9.73. The highest BCUT2D eigenvalue weighted by Crippen LogP contribution is 2.38. The summed E-state index contributed by atoms with van der Waals surface area (Å²) in [5.74, 6) is 0.647. The Morgan fingerprint density at radius 3 is 1.70 bits per heavy atom. The van der Waals surface area contributed by atoms with Crippen LogP contribution in [-0.2, 0) is 0 Å². The van der Waals surface area contributed by atoms with Gasteiger partial charge in [-0.05, 0) is 82.9 Å². The normalized spacial score (nSPS) is 11.6. The van der Waals surface area contributed by atoms with E-state index in [1.807, 2.05) is 0 Å². The Balaban J connectivity index is 1.26. The number of hydrogen-bond donors (Lipinski definition) is 0. The number of aromatic nitrogens is 4. The van der Waals surface area contributed by atoms with Crippen molar-refractivity contribution in [1.29, 1.82) is 0 Å². The van der Waals surface area contributed by atoms with E-state index < -0.39 is 0 Å². The molecule has 10 aromatic rings. The SMILES string of the molecule is c1ccc(-c2cc(-c3ccccc3)cc(-c3nc(-n4c5ccccc5c5cc6ccn(-c7ccccc7)c6cc54)nc4ccccc34)c2)cc1.